The molecule has 0 aliphatic rings. The lowest BCUT2D eigenvalue weighted by Gasteiger charge is -2.20. The van der Waals surface area contributed by atoms with E-state index in [1.165, 1.54) is 19.4 Å². The molecule has 1 heterocycles. The van der Waals surface area contributed by atoms with E-state index >= 15 is 0 Å². The first-order valence-electron chi connectivity index (χ1n) is 5.81. The molecule has 0 aliphatic carbocycles. The number of esters is 1. The standard InChI is InChI=1S/C12H18N4O3/c1-4-14-9(17)7-16(2)11-10(13)8(5-6-15-11)12(18)19-3/h5-6H,4,7,13H2,1-3H3,(H,14,17). The molecule has 0 aliphatic heterocycles. The summed E-state index contributed by atoms with van der Waals surface area (Å²) in [5.74, 6) is -0.309. The highest BCUT2D eigenvalue weighted by Crippen LogP contribution is 2.23. The van der Waals surface area contributed by atoms with Crippen LogP contribution in [0.3, 0.4) is 0 Å². The molecule has 0 bridgehead atoms. The van der Waals surface area contributed by atoms with Gasteiger partial charge in [-0.25, -0.2) is 9.78 Å². The van der Waals surface area contributed by atoms with E-state index in [0.29, 0.717) is 12.4 Å². The van der Waals surface area contributed by atoms with Crippen molar-refractivity contribution < 1.29 is 14.3 Å². The van der Waals surface area contributed by atoms with Gasteiger partial charge in [-0.05, 0) is 13.0 Å². The van der Waals surface area contributed by atoms with Crippen LogP contribution in [0.2, 0.25) is 0 Å². The Morgan fingerprint density at radius 3 is 2.79 bits per heavy atom. The van der Waals surface area contributed by atoms with Gasteiger partial charge in [0.2, 0.25) is 5.91 Å². The molecule has 0 saturated heterocycles. The predicted octanol–water partition coefficient (Wildman–Crippen LogP) is 0.0227. The van der Waals surface area contributed by atoms with Gasteiger partial charge in [-0.2, -0.15) is 0 Å². The quantitative estimate of drug-likeness (QED) is 0.729. The van der Waals surface area contributed by atoms with Gasteiger partial charge in [-0.1, -0.05) is 0 Å². The number of ether oxygens (including phenoxy) is 1. The minimum absolute atomic E-state index is 0.107. The summed E-state index contributed by atoms with van der Waals surface area (Å²) in [4.78, 5) is 28.7. The van der Waals surface area contributed by atoms with E-state index in [2.05, 4.69) is 15.0 Å². The van der Waals surface area contributed by atoms with Gasteiger partial charge < -0.3 is 20.7 Å². The molecular weight excluding hydrogens is 248 g/mol. The molecule has 0 radical (unpaired) electrons. The van der Waals surface area contributed by atoms with E-state index in [1.54, 1.807) is 11.9 Å². The summed E-state index contributed by atoms with van der Waals surface area (Å²) >= 11 is 0. The third-order valence-electron chi connectivity index (χ3n) is 2.49. The summed E-state index contributed by atoms with van der Waals surface area (Å²) in [5.41, 5.74) is 6.30. The van der Waals surface area contributed by atoms with Crippen LogP contribution in [0.15, 0.2) is 12.3 Å². The molecule has 7 heteroatoms. The maximum Gasteiger partial charge on any atom is 0.340 e. The van der Waals surface area contributed by atoms with Crippen molar-refractivity contribution in [2.45, 2.75) is 6.92 Å². The zero-order valence-electron chi connectivity index (χ0n) is 11.3. The lowest BCUT2D eigenvalue weighted by Crippen LogP contribution is -2.35. The van der Waals surface area contributed by atoms with Gasteiger partial charge in [0, 0.05) is 19.8 Å². The van der Waals surface area contributed by atoms with E-state index in [1.807, 2.05) is 6.92 Å². The third kappa shape index (κ3) is 3.57. The number of anilines is 2. The summed E-state index contributed by atoms with van der Waals surface area (Å²) in [6.07, 6.45) is 1.45. The SMILES string of the molecule is CCNC(=O)CN(C)c1nccc(C(=O)OC)c1N. The van der Waals surface area contributed by atoms with Crippen LogP contribution in [0.5, 0.6) is 0 Å². The molecule has 104 valence electrons. The first-order chi connectivity index (χ1) is 9.01. The maximum absolute atomic E-state index is 11.5. The first-order valence-corrected chi connectivity index (χ1v) is 5.81. The normalized spacial score (nSPS) is 9.84. The van der Waals surface area contributed by atoms with Crippen LogP contribution < -0.4 is 16.0 Å². The average Bonchev–Trinajstić information content (AvgIpc) is 2.38. The number of carbonyl (C=O) groups excluding carboxylic acids is 2. The monoisotopic (exact) mass is 266 g/mol. The highest BCUT2D eigenvalue weighted by Gasteiger charge is 2.17. The Kier molecular flexibility index (Phi) is 5.11. The van der Waals surface area contributed by atoms with Gasteiger partial charge in [0.25, 0.3) is 0 Å². The number of methoxy groups -OCH3 is 1. The number of hydrogen-bond donors (Lipinski definition) is 2. The van der Waals surface area contributed by atoms with Crippen LogP contribution >= 0.6 is 0 Å². The van der Waals surface area contributed by atoms with E-state index < -0.39 is 5.97 Å². The van der Waals surface area contributed by atoms with Crippen LogP contribution in [-0.2, 0) is 9.53 Å². The number of nitrogen functional groups attached to an aromatic ring is 1. The van der Waals surface area contributed by atoms with Gasteiger partial charge in [-0.15, -0.1) is 0 Å². The molecule has 0 fully saturated rings. The van der Waals surface area contributed by atoms with Crippen LogP contribution in [0.4, 0.5) is 11.5 Å². The van der Waals surface area contributed by atoms with Gasteiger partial charge in [-0.3, -0.25) is 4.79 Å². The smallest absolute Gasteiger partial charge is 0.340 e. The maximum atomic E-state index is 11.5. The summed E-state index contributed by atoms with van der Waals surface area (Å²) < 4.78 is 4.63. The fourth-order valence-electron chi connectivity index (χ4n) is 1.60. The highest BCUT2D eigenvalue weighted by molar-refractivity contribution is 5.98. The second kappa shape index (κ2) is 6.58. The zero-order valence-corrected chi connectivity index (χ0v) is 11.3. The number of nitrogens with two attached hydrogens (primary N) is 1. The van der Waals surface area contributed by atoms with Crippen LogP contribution in [0.25, 0.3) is 0 Å². The number of amides is 1. The molecule has 1 amide bonds. The molecule has 1 aromatic rings. The average molecular weight is 266 g/mol. The topological polar surface area (TPSA) is 97.5 Å². The number of nitrogens with zero attached hydrogens (tertiary/aromatic N) is 2. The second-order valence-electron chi connectivity index (χ2n) is 3.90. The fraction of sp³-hybridized carbons (Fsp3) is 0.417. The number of aromatic nitrogens is 1. The number of pyridine rings is 1. The largest absolute Gasteiger partial charge is 0.465 e. The first kappa shape index (κ1) is 14.7. The van der Waals surface area contributed by atoms with Crippen molar-refractivity contribution in [3.05, 3.63) is 17.8 Å². The van der Waals surface area contributed by atoms with Crippen LogP contribution in [0.1, 0.15) is 17.3 Å². The van der Waals surface area contributed by atoms with Crippen molar-refractivity contribution >= 4 is 23.4 Å². The molecule has 0 unspecified atom stereocenters. The fourth-order valence-corrected chi connectivity index (χ4v) is 1.60. The zero-order chi connectivity index (χ0) is 14.4. The molecule has 1 rings (SSSR count). The Labute approximate surface area is 111 Å². The Bertz CT molecular complexity index is 476. The molecule has 1 aromatic heterocycles. The van der Waals surface area contributed by atoms with Crippen molar-refractivity contribution in [2.75, 3.05) is 37.9 Å². The summed E-state index contributed by atoms with van der Waals surface area (Å²) in [5, 5.41) is 2.67. The second-order valence-corrected chi connectivity index (χ2v) is 3.90. The van der Waals surface area contributed by atoms with Gasteiger partial charge in [0.15, 0.2) is 5.82 Å². The number of likely N-dealkylation sites (N-methyl/N-ethyl adjacent to an activating group) is 2. The van der Waals surface area contributed by atoms with Crippen molar-refractivity contribution in [3.8, 4) is 0 Å². The van der Waals surface area contributed by atoms with E-state index in [0.717, 1.165) is 0 Å². The highest BCUT2D eigenvalue weighted by atomic mass is 16.5. The molecule has 0 aromatic carbocycles. The van der Waals surface area contributed by atoms with Gasteiger partial charge >= 0.3 is 5.97 Å². The van der Waals surface area contributed by atoms with E-state index in [-0.39, 0.29) is 23.7 Å². The molecule has 0 spiro atoms. The minimum atomic E-state index is -0.535. The molecule has 0 saturated carbocycles. The molecular formula is C12H18N4O3. The Hall–Kier alpha value is -2.31. The van der Waals surface area contributed by atoms with Crippen molar-refractivity contribution in [2.24, 2.45) is 0 Å². The molecule has 0 atom stereocenters. The summed E-state index contributed by atoms with van der Waals surface area (Å²) in [7, 11) is 2.95. The lowest BCUT2D eigenvalue weighted by atomic mass is 10.2. The number of nitrogens with one attached hydrogen (secondary N) is 1. The van der Waals surface area contributed by atoms with Gasteiger partial charge in [0.1, 0.15) is 0 Å². The van der Waals surface area contributed by atoms with Crippen molar-refractivity contribution in [1.29, 1.82) is 0 Å². The number of carbonyl (C=O) groups is 2. The van der Waals surface area contributed by atoms with Crippen LogP contribution in [0, 0.1) is 0 Å². The minimum Gasteiger partial charge on any atom is -0.465 e. The summed E-state index contributed by atoms with van der Waals surface area (Å²) in [6.45, 7) is 2.50. The number of hydrogen-bond acceptors (Lipinski definition) is 6. The lowest BCUT2D eigenvalue weighted by molar-refractivity contribution is -0.119. The van der Waals surface area contributed by atoms with E-state index in [9.17, 15) is 9.59 Å². The predicted molar refractivity (Wildman–Crippen MR) is 71.9 cm³/mol. The molecule has 3 N–H and O–H groups in total. The Morgan fingerprint density at radius 2 is 2.21 bits per heavy atom. The van der Waals surface area contributed by atoms with Gasteiger partial charge in [0.05, 0.1) is 24.9 Å². The summed E-state index contributed by atoms with van der Waals surface area (Å²) in [6, 6.07) is 1.48. The Morgan fingerprint density at radius 1 is 1.53 bits per heavy atom. The molecule has 7 nitrogen and oxygen atoms in total. The number of rotatable bonds is 5. The van der Waals surface area contributed by atoms with Crippen molar-refractivity contribution in [3.63, 3.8) is 0 Å². The third-order valence-corrected chi connectivity index (χ3v) is 2.49. The van der Waals surface area contributed by atoms with Crippen LogP contribution in [-0.4, -0.2) is 44.1 Å². The van der Waals surface area contributed by atoms with E-state index in [4.69, 9.17) is 5.73 Å². The van der Waals surface area contributed by atoms with Crippen molar-refractivity contribution in [1.82, 2.24) is 10.3 Å². The molecule has 19 heavy (non-hydrogen) atoms. The Balaban J connectivity index is 2.94.